The van der Waals surface area contributed by atoms with Crippen molar-refractivity contribution >= 4 is 23.5 Å². The van der Waals surface area contributed by atoms with E-state index in [9.17, 15) is 0 Å². The monoisotopic (exact) mass is 376 g/mol. The summed E-state index contributed by atoms with van der Waals surface area (Å²) in [5, 5.41) is 0. The van der Waals surface area contributed by atoms with E-state index in [2.05, 4.69) is 72.8 Å². The minimum Gasteiger partial charge on any atom is -0.152 e. The van der Waals surface area contributed by atoms with E-state index >= 15 is 0 Å². The molecular weight excluding hydrogens is 352 g/mol. The van der Waals surface area contributed by atoms with E-state index in [1.54, 1.807) is 0 Å². The Morgan fingerprint density at radius 3 is 0.846 bits per heavy atom. The summed E-state index contributed by atoms with van der Waals surface area (Å²) in [6.45, 7) is 0. The summed E-state index contributed by atoms with van der Waals surface area (Å²) < 4.78 is 0. The van der Waals surface area contributed by atoms with Crippen molar-refractivity contribution in [2.24, 2.45) is 0 Å². The zero-order valence-electron chi connectivity index (χ0n) is 15.0. The van der Waals surface area contributed by atoms with Gasteiger partial charge in [0.15, 0.2) is 0 Å². The summed E-state index contributed by atoms with van der Waals surface area (Å²) in [6, 6.07) is 27.5. The Morgan fingerprint density at radius 1 is 0.346 bits per heavy atom. The van der Waals surface area contributed by atoms with Gasteiger partial charge in [0.2, 0.25) is 0 Å². The lowest BCUT2D eigenvalue weighted by Crippen LogP contribution is -1.93. The van der Waals surface area contributed by atoms with Gasteiger partial charge >= 0.3 is 0 Å². The third-order valence-electron chi connectivity index (χ3n) is 4.85. The quantitative estimate of drug-likeness (QED) is 0.431. The van der Waals surface area contributed by atoms with Crippen LogP contribution in [0.3, 0.4) is 0 Å². The molecule has 0 N–H and O–H groups in total. The molecule has 0 aromatic heterocycles. The van der Waals surface area contributed by atoms with Gasteiger partial charge < -0.3 is 0 Å². The molecule has 2 heteroatoms. The topological polar surface area (TPSA) is 0 Å². The Labute approximate surface area is 165 Å². The number of rotatable bonds is 0. The van der Waals surface area contributed by atoms with E-state index < -0.39 is 0 Å². The summed E-state index contributed by atoms with van der Waals surface area (Å²) in [4.78, 5) is 0. The van der Waals surface area contributed by atoms with Gasteiger partial charge in [-0.2, -0.15) is 23.5 Å². The highest BCUT2D eigenvalue weighted by atomic mass is 32.2. The van der Waals surface area contributed by atoms with Crippen LogP contribution in [0.1, 0.15) is 33.4 Å². The van der Waals surface area contributed by atoms with Gasteiger partial charge in [-0.15, -0.1) is 0 Å². The molecule has 9 rings (SSSR count). The molecule has 0 atom stereocenters. The Balaban J connectivity index is 1.52. The number of hydrogen-bond acceptors (Lipinski definition) is 2. The van der Waals surface area contributed by atoms with Gasteiger partial charge in [0.1, 0.15) is 0 Å². The lowest BCUT2D eigenvalue weighted by molar-refractivity contribution is 0.958. The van der Waals surface area contributed by atoms with E-state index in [0.29, 0.717) is 0 Å². The van der Waals surface area contributed by atoms with E-state index in [1.165, 1.54) is 33.4 Å². The highest BCUT2D eigenvalue weighted by Crippen LogP contribution is 2.22. The predicted molar refractivity (Wildman–Crippen MR) is 117 cm³/mol. The fourth-order valence-electron chi connectivity index (χ4n) is 3.20. The molecule has 26 heavy (non-hydrogen) atoms. The molecule has 3 aromatic rings. The summed E-state index contributed by atoms with van der Waals surface area (Å²) >= 11 is 4.00. The van der Waals surface area contributed by atoms with Gasteiger partial charge in [-0.1, -0.05) is 72.8 Å². The fourth-order valence-corrected chi connectivity index (χ4v) is 5.11. The van der Waals surface area contributed by atoms with Crippen molar-refractivity contribution in [2.75, 3.05) is 0 Å². The summed E-state index contributed by atoms with van der Waals surface area (Å²) in [5.74, 6) is 4.33. The minimum atomic E-state index is 1.08. The van der Waals surface area contributed by atoms with E-state index in [0.717, 1.165) is 35.9 Å². The van der Waals surface area contributed by atoms with Crippen LogP contribution in [-0.2, 0) is 35.9 Å². The number of hydrogen-bond donors (Lipinski definition) is 0. The third-order valence-corrected chi connectivity index (χ3v) is 7.00. The third kappa shape index (κ3) is 4.96. The molecule has 6 heterocycles. The van der Waals surface area contributed by atoms with Gasteiger partial charge in [-0.25, -0.2) is 0 Å². The van der Waals surface area contributed by atoms with Gasteiger partial charge in [0, 0.05) is 23.0 Å². The van der Waals surface area contributed by atoms with Crippen molar-refractivity contribution in [3.8, 4) is 0 Å². The first-order valence-electron chi connectivity index (χ1n) is 9.24. The maximum Gasteiger partial charge on any atom is 0.0187 e. The lowest BCUT2D eigenvalue weighted by atomic mass is 10.0. The lowest BCUT2D eigenvalue weighted by Gasteiger charge is -2.08. The molecule has 0 spiro atoms. The Kier molecular flexibility index (Phi) is 6.03. The number of aryl methyl sites for hydroxylation is 2. The normalized spacial score (nSPS) is 15.2. The first kappa shape index (κ1) is 17.8. The van der Waals surface area contributed by atoms with Gasteiger partial charge in [0.05, 0.1) is 0 Å². The first-order chi connectivity index (χ1) is 12.8. The van der Waals surface area contributed by atoms with Crippen molar-refractivity contribution in [3.05, 3.63) is 106 Å². The van der Waals surface area contributed by atoms with Crippen molar-refractivity contribution in [1.82, 2.24) is 0 Å². The van der Waals surface area contributed by atoms with Crippen LogP contribution in [0.25, 0.3) is 0 Å². The molecule has 3 aromatic carbocycles. The van der Waals surface area contributed by atoms with Crippen LogP contribution >= 0.6 is 23.5 Å². The second-order valence-corrected chi connectivity index (χ2v) is 8.91. The van der Waals surface area contributed by atoms with Crippen molar-refractivity contribution < 1.29 is 0 Å². The highest BCUT2D eigenvalue weighted by Gasteiger charge is 2.02. The fraction of sp³-hybridized carbons (Fsp3) is 0.250. The number of thioether (sulfide) groups is 2. The molecule has 0 fully saturated rings. The van der Waals surface area contributed by atoms with Crippen LogP contribution in [0.5, 0.6) is 0 Å². The summed E-state index contributed by atoms with van der Waals surface area (Å²) in [7, 11) is 0. The van der Waals surface area contributed by atoms with Crippen molar-refractivity contribution in [2.45, 2.75) is 35.9 Å². The van der Waals surface area contributed by atoms with Gasteiger partial charge in [-0.3, -0.25) is 0 Å². The Morgan fingerprint density at radius 2 is 0.577 bits per heavy atom. The van der Waals surface area contributed by atoms with Gasteiger partial charge in [0.25, 0.3) is 0 Å². The zero-order chi connectivity index (χ0) is 17.6. The molecule has 0 unspecified atom stereocenters. The molecule has 0 saturated carbocycles. The van der Waals surface area contributed by atoms with Crippen LogP contribution in [0, 0.1) is 0 Å². The molecule has 0 amide bonds. The van der Waals surface area contributed by atoms with E-state index in [-0.39, 0.29) is 0 Å². The molecule has 0 nitrogen and oxygen atoms in total. The van der Waals surface area contributed by atoms with Crippen LogP contribution in [-0.4, -0.2) is 0 Å². The SMILES string of the molecule is c1cc2ccc1CCc1ccc(cc1)CSCc1ccc(cc1)CSC2. The van der Waals surface area contributed by atoms with Crippen LogP contribution < -0.4 is 0 Å². The first-order valence-corrected chi connectivity index (χ1v) is 11.5. The molecule has 132 valence electrons. The summed E-state index contributed by atoms with van der Waals surface area (Å²) in [5.41, 5.74) is 8.55. The smallest absolute Gasteiger partial charge is 0.0187 e. The Bertz CT molecular complexity index is 745. The molecule has 6 bridgehead atoms. The van der Waals surface area contributed by atoms with Crippen molar-refractivity contribution in [3.63, 3.8) is 0 Å². The standard InChI is InChI=1S/C24H24S2/c1-2-20-5-9-22(10-6-20)16-26-18-24-13-11-23(12-14-24)17-25-15-21-7-3-19(1)4-8-21/h3-14H,1-2,15-18H2. The number of benzene rings is 3. The maximum atomic E-state index is 2.30. The Hall–Kier alpha value is -1.64. The molecule has 0 saturated heterocycles. The second kappa shape index (κ2) is 8.83. The molecule has 0 aliphatic carbocycles. The van der Waals surface area contributed by atoms with Crippen LogP contribution in [0.2, 0.25) is 0 Å². The van der Waals surface area contributed by atoms with E-state index in [4.69, 9.17) is 0 Å². The second-order valence-electron chi connectivity index (χ2n) is 6.94. The molecule has 6 aliphatic rings. The van der Waals surface area contributed by atoms with Crippen LogP contribution in [0.15, 0.2) is 72.8 Å². The zero-order valence-corrected chi connectivity index (χ0v) is 16.6. The molecular formula is C24H24S2. The maximum absolute atomic E-state index is 2.30. The summed E-state index contributed by atoms with van der Waals surface area (Å²) in [6.07, 6.45) is 2.24. The van der Waals surface area contributed by atoms with Crippen LogP contribution in [0.4, 0.5) is 0 Å². The van der Waals surface area contributed by atoms with Crippen molar-refractivity contribution in [1.29, 1.82) is 0 Å². The minimum absolute atomic E-state index is 1.08. The molecule has 0 radical (unpaired) electrons. The van der Waals surface area contributed by atoms with Gasteiger partial charge in [-0.05, 0) is 46.2 Å². The van der Waals surface area contributed by atoms with E-state index in [1.807, 2.05) is 23.5 Å². The largest absolute Gasteiger partial charge is 0.152 e. The molecule has 6 aliphatic heterocycles. The highest BCUT2D eigenvalue weighted by molar-refractivity contribution is 7.98. The predicted octanol–water partition coefficient (Wildman–Crippen LogP) is 6.65. The average molecular weight is 377 g/mol. The average Bonchev–Trinajstić information content (AvgIpc) is 2.69.